The highest BCUT2D eigenvalue weighted by Crippen LogP contribution is 2.43. The Morgan fingerprint density at radius 1 is 1.25 bits per heavy atom. The molecule has 1 unspecified atom stereocenters. The molecular formula is C14H21BrN2O3. The lowest BCUT2D eigenvalue weighted by molar-refractivity contribution is -0.161. The van der Waals surface area contributed by atoms with E-state index in [1.54, 1.807) is 0 Å². The third kappa shape index (κ3) is 2.53. The molecule has 0 aromatic heterocycles. The molecule has 6 heteroatoms. The number of barbiturate groups is 1. The molecule has 0 saturated carbocycles. The molecule has 1 aliphatic rings. The smallest absolute Gasteiger partial charge is 0.273 e. The fraction of sp³-hybridized carbons (Fsp3) is 0.643. The number of hydrogen-bond donors (Lipinski definition) is 0. The zero-order valence-corrected chi connectivity index (χ0v) is 14.0. The summed E-state index contributed by atoms with van der Waals surface area (Å²) in [6.07, 6.45) is 1.79. The van der Waals surface area contributed by atoms with E-state index in [1.165, 1.54) is 14.1 Å². The predicted octanol–water partition coefficient (Wildman–Crippen LogP) is 2.76. The number of allylic oxidation sites excluding steroid dienone is 1. The zero-order valence-electron chi connectivity index (χ0n) is 12.4. The van der Waals surface area contributed by atoms with Crippen LogP contribution in [0.25, 0.3) is 0 Å². The fourth-order valence-corrected chi connectivity index (χ4v) is 3.26. The maximum Gasteiger partial charge on any atom is 0.332 e. The molecule has 1 heterocycles. The number of rotatable bonds is 5. The molecule has 5 nitrogen and oxygen atoms in total. The number of carbonyl (C=O) groups is 3. The van der Waals surface area contributed by atoms with Crippen molar-refractivity contribution in [1.29, 1.82) is 0 Å². The molecule has 0 spiro atoms. The second-order valence-corrected chi connectivity index (χ2v) is 6.49. The number of amides is 4. The first-order valence-corrected chi connectivity index (χ1v) is 7.43. The normalized spacial score (nSPS) is 20.4. The van der Waals surface area contributed by atoms with Crippen LogP contribution in [0.5, 0.6) is 0 Å². The van der Waals surface area contributed by atoms with E-state index in [0.29, 0.717) is 4.48 Å². The molecule has 20 heavy (non-hydrogen) atoms. The molecule has 1 rings (SSSR count). The number of carbonyl (C=O) groups excluding carboxylic acids is 3. The van der Waals surface area contributed by atoms with Crippen molar-refractivity contribution in [2.45, 2.75) is 33.1 Å². The van der Waals surface area contributed by atoms with Crippen molar-refractivity contribution in [3.8, 4) is 0 Å². The lowest BCUT2D eigenvalue weighted by Crippen LogP contribution is -2.65. The van der Waals surface area contributed by atoms with Gasteiger partial charge in [0.1, 0.15) is 5.41 Å². The van der Waals surface area contributed by atoms with Crippen molar-refractivity contribution < 1.29 is 14.4 Å². The Labute approximate surface area is 128 Å². The van der Waals surface area contributed by atoms with E-state index in [9.17, 15) is 14.4 Å². The van der Waals surface area contributed by atoms with Gasteiger partial charge in [-0.05, 0) is 16.8 Å². The van der Waals surface area contributed by atoms with Crippen LogP contribution in [0.4, 0.5) is 4.79 Å². The fourth-order valence-electron chi connectivity index (χ4n) is 2.82. The van der Waals surface area contributed by atoms with Gasteiger partial charge in [0, 0.05) is 20.5 Å². The predicted molar refractivity (Wildman–Crippen MR) is 80.1 cm³/mol. The largest absolute Gasteiger partial charge is 0.332 e. The molecule has 0 aromatic carbocycles. The molecule has 0 aliphatic carbocycles. The quantitative estimate of drug-likeness (QED) is 0.720. The highest BCUT2D eigenvalue weighted by Gasteiger charge is 2.57. The van der Waals surface area contributed by atoms with Gasteiger partial charge in [0.05, 0.1) is 0 Å². The summed E-state index contributed by atoms with van der Waals surface area (Å²) in [7, 11) is 2.83. The van der Waals surface area contributed by atoms with Gasteiger partial charge in [0.25, 0.3) is 0 Å². The average Bonchev–Trinajstić information content (AvgIpc) is 2.39. The summed E-state index contributed by atoms with van der Waals surface area (Å²) in [4.78, 5) is 39.3. The summed E-state index contributed by atoms with van der Waals surface area (Å²) in [5, 5.41) is 0. The summed E-state index contributed by atoms with van der Waals surface area (Å²) < 4.78 is 0.582. The van der Waals surface area contributed by atoms with E-state index in [4.69, 9.17) is 0 Å². The number of hydrogen-bond acceptors (Lipinski definition) is 3. The van der Waals surface area contributed by atoms with Crippen molar-refractivity contribution in [2.24, 2.45) is 11.3 Å². The molecule has 4 amide bonds. The highest BCUT2D eigenvalue weighted by molar-refractivity contribution is 9.11. The topological polar surface area (TPSA) is 57.7 Å². The van der Waals surface area contributed by atoms with E-state index in [-0.39, 0.29) is 12.3 Å². The van der Waals surface area contributed by atoms with Gasteiger partial charge in [-0.25, -0.2) is 4.79 Å². The Bertz CT molecular complexity index is 437. The van der Waals surface area contributed by atoms with E-state index in [2.05, 4.69) is 22.5 Å². The summed E-state index contributed by atoms with van der Waals surface area (Å²) in [5.41, 5.74) is -1.24. The van der Waals surface area contributed by atoms with E-state index < -0.39 is 23.3 Å². The maximum absolute atomic E-state index is 12.7. The lowest BCUT2D eigenvalue weighted by Gasteiger charge is -2.44. The van der Waals surface area contributed by atoms with Gasteiger partial charge in [-0.15, -0.1) is 0 Å². The van der Waals surface area contributed by atoms with Gasteiger partial charge in [0.2, 0.25) is 11.8 Å². The Kier molecular flexibility index (Phi) is 5.13. The molecule has 0 bridgehead atoms. The number of imide groups is 2. The Morgan fingerprint density at radius 2 is 1.70 bits per heavy atom. The molecule has 1 aliphatic heterocycles. The van der Waals surface area contributed by atoms with Gasteiger partial charge in [-0.2, -0.15) is 0 Å². The second kappa shape index (κ2) is 6.08. The van der Waals surface area contributed by atoms with Crippen molar-refractivity contribution in [1.82, 2.24) is 9.80 Å². The van der Waals surface area contributed by atoms with Crippen LogP contribution in [0.1, 0.15) is 33.1 Å². The van der Waals surface area contributed by atoms with E-state index >= 15 is 0 Å². The Morgan fingerprint density at radius 3 is 2.05 bits per heavy atom. The van der Waals surface area contributed by atoms with Crippen LogP contribution in [-0.4, -0.2) is 41.7 Å². The van der Waals surface area contributed by atoms with Crippen LogP contribution in [-0.2, 0) is 9.59 Å². The molecular weight excluding hydrogens is 324 g/mol. The van der Waals surface area contributed by atoms with Crippen molar-refractivity contribution >= 4 is 33.8 Å². The summed E-state index contributed by atoms with van der Waals surface area (Å²) >= 11 is 3.25. The van der Waals surface area contributed by atoms with E-state index in [1.807, 2.05) is 13.8 Å². The standard InChI is InChI=1S/C14H21BrN2O3/c1-6-7-9(2)14(8-10(3)15)11(18)16(4)13(20)17(5)12(14)19/h9H,3,6-8H2,1-2,4-5H3. The molecule has 1 saturated heterocycles. The zero-order chi connectivity index (χ0) is 15.7. The van der Waals surface area contributed by atoms with Crippen molar-refractivity contribution in [3.63, 3.8) is 0 Å². The van der Waals surface area contributed by atoms with Crippen LogP contribution in [0.15, 0.2) is 11.1 Å². The third-order valence-corrected chi connectivity index (χ3v) is 4.26. The SMILES string of the molecule is C=C(Br)CC1(C(C)CCC)C(=O)N(C)C(=O)N(C)C1=O. The number of urea groups is 1. The van der Waals surface area contributed by atoms with Crippen LogP contribution >= 0.6 is 15.9 Å². The lowest BCUT2D eigenvalue weighted by atomic mass is 9.68. The van der Waals surface area contributed by atoms with E-state index in [0.717, 1.165) is 22.6 Å². The minimum absolute atomic E-state index is 0.167. The second-order valence-electron chi connectivity index (χ2n) is 5.37. The van der Waals surface area contributed by atoms with Gasteiger partial charge in [0.15, 0.2) is 0 Å². The summed E-state index contributed by atoms with van der Waals surface area (Å²) in [6, 6.07) is -0.584. The van der Waals surface area contributed by atoms with Gasteiger partial charge >= 0.3 is 6.03 Å². The van der Waals surface area contributed by atoms with Crippen LogP contribution in [0, 0.1) is 11.3 Å². The molecule has 112 valence electrons. The number of halogens is 1. The van der Waals surface area contributed by atoms with Crippen LogP contribution in [0.3, 0.4) is 0 Å². The number of nitrogens with zero attached hydrogens (tertiary/aromatic N) is 2. The van der Waals surface area contributed by atoms with Gasteiger partial charge in [-0.3, -0.25) is 19.4 Å². The van der Waals surface area contributed by atoms with Crippen LogP contribution < -0.4 is 0 Å². The van der Waals surface area contributed by atoms with Crippen molar-refractivity contribution in [3.05, 3.63) is 11.1 Å². The van der Waals surface area contributed by atoms with Gasteiger partial charge < -0.3 is 0 Å². The third-order valence-electron chi connectivity index (χ3n) is 3.98. The maximum atomic E-state index is 12.7. The Hall–Kier alpha value is -1.17. The first-order valence-electron chi connectivity index (χ1n) is 6.63. The van der Waals surface area contributed by atoms with Crippen LogP contribution in [0.2, 0.25) is 0 Å². The molecule has 0 aromatic rings. The first-order chi connectivity index (χ1) is 9.20. The minimum Gasteiger partial charge on any atom is -0.273 e. The molecule has 1 atom stereocenters. The van der Waals surface area contributed by atoms with Crippen molar-refractivity contribution in [2.75, 3.05) is 14.1 Å². The minimum atomic E-state index is -1.24. The Balaban J connectivity index is 3.38. The molecule has 1 fully saturated rings. The monoisotopic (exact) mass is 344 g/mol. The molecule has 0 radical (unpaired) electrons. The van der Waals surface area contributed by atoms with Gasteiger partial charge in [-0.1, -0.05) is 42.8 Å². The average molecular weight is 345 g/mol. The highest BCUT2D eigenvalue weighted by atomic mass is 79.9. The summed E-state index contributed by atoms with van der Waals surface area (Å²) in [5.74, 6) is -1.04. The molecule has 0 N–H and O–H groups in total. The summed E-state index contributed by atoms with van der Waals surface area (Å²) in [6.45, 7) is 7.65. The first kappa shape index (κ1) is 16.9.